The number of hydrogen-bond donors (Lipinski definition) is 1. The van der Waals surface area contributed by atoms with Crippen molar-refractivity contribution in [3.05, 3.63) is 28.8 Å². The van der Waals surface area contributed by atoms with Gasteiger partial charge in [-0.1, -0.05) is 39.8 Å². The number of aryl methyl sites for hydroxylation is 1. The normalized spacial score (nSPS) is 23.4. The molecule has 2 atom stereocenters. The van der Waals surface area contributed by atoms with Gasteiger partial charge in [-0.25, -0.2) is 0 Å². The number of hydrogen-bond acceptors (Lipinski definition) is 2. The fourth-order valence-electron chi connectivity index (χ4n) is 2.58. The third-order valence-corrected chi connectivity index (χ3v) is 3.63. The Balaban J connectivity index is 2.58. The minimum Gasteiger partial charge on any atom is -0.488 e. The van der Waals surface area contributed by atoms with Crippen molar-refractivity contribution >= 4 is 0 Å². The SMILES string of the molecule is CCC1Oc2c(C(C)(C)C)ccc(C)c2C1N. The number of ether oxygens (including phenoxy) is 1. The second-order valence-corrected chi connectivity index (χ2v) is 6.01. The van der Waals surface area contributed by atoms with E-state index < -0.39 is 0 Å². The number of fused-ring (bicyclic) bond motifs is 1. The zero-order valence-electron chi connectivity index (χ0n) is 11.5. The van der Waals surface area contributed by atoms with Crippen molar-refractivity contribution in [2.24, 2.45) is 5.73 Å². The summed E-state index contributed by atoms with van der Waals surface area (Å²) >= 11 is 0. The summed E-state index contributed by atoms with van der Waals surface area (Å²) < 4.78 is 6.08. The van der Waals surface area contributed by atoms with Crippen LogP contribution in [0.1, 0.15) is 56.8 Å². The summed E-state index contributed by atoms with van der Waals surface area (Å²) in [6.45, 7) is 10.9. The number of rotatable bonds is 1. The highest BCUT2D eigenvalue weighted by molar-refractivity contribution is 5.53. The first-order valence-electron chi connectivity index (χ1n) is 6.42. The van der Waals surface area contributed by atoms with Gasteiger partial charge in [-0.15, -0.1) is 0 Å². The van der Waals surface area contributed by atoms with Gasteiger partial charge in [0.1, 0.15) is 11.9 Å². The highest BCUT2D eigenvalue weighted by atomic mass is 16.5. The van der Waals surface area contributed by atoms with Crippen LogP contribution in [0, 0.1) is 6.92 Å². The first kappa shape index (κ1) is 12.4. The molecule has 0 radical (unpaired) electrons. The summed E-state index contributed by atoms with van der Waals surface area (Å²) in [7, 11) is 0. The van der Waals surface area contributed by atoms with Crippen LogP contribution < -0.4 is 10.5 Å². The van der Waals surface area contributed by atoms with E-state index in [4.69, 9.17) is 10.5 Å². The average molecular weight is 233 g/mol. The Bertz CT molecular complexity index is 431. The highest BCUT2D eigenvalue weighted by Crippen LogP contribution is 2.44. The predicted molar refractivity (Wildman–Crippen MR) is 71.5 cm³/mol. The van der Waals surface area contributed by atoms with E-state index >= 15 is 0 Å². The first-order chi connectivity index (χ1) is 7.86. The van der Waals surface area contributed by atoms with Crippen LogP contribution in [0.5, 0.6) is 5.75 Å². The summed E-state index contributed by atoms with van der Waals surface area (Å²) in [5, 5.41) is 0. The van der Waals surface area contributed by atoms with Crippen molar-refractivity contribution < 1.29 is 4.74 Å². The quantitative estimate of drug-likeness (QED) is 0.806. The summed E-state index contributed by atoms with van der Waals surface area (Å²) in [6.07, 6.45) is 1.09. The van der Waals surface area contributed by atoms with E-state index in [1.807, 2.05) is 0 Å². The minimum absolute atomic E-state index is 0.0253. The maximum atomic E-state index is 6.29. The summed E-state index contributed by atoms with van der Waals surface area (Å²) in [5.74, 6) is 1.04. The van der Waals surface area contributed by atoms with Crippen LogP contribution >= 0.6 is 0 Å². The van der Waals surface area contributed by atoms with E-state index in [-0.39, 0.29) is 17.6 Å². The van der Waals surface area contributed by atoms with Crippen LogP contribution in [-0.4, -0.2) is 6.10 Å². The van der Waals surface area contributed by atoms with Crippen LogP contribution in [-0.2, 0) is 5.41 Å². The van der Waals surface area contributed by atoms with Crippen molar-refractivity contribution in [1.29, 1.82) is 0 Å². The Morgan fingerprint density at radius 2 is 1.94 bits per heavy atom. The van der Waals surface area contributed by atoms with Crippen molar-refractivity contribution in [2.75, 3.05) is 0 Å². The lowest BCUT2D eigenvalue weighted by atomic mass is 9.83. The maximum absolute atomic E-state index is 6.29. The van der Waals surface area contributed by atoms with E-state index in [1.165, 1.54) is 16.7 Å². The molecular formula is C15H23NO. The Labute approximate surface area is 104 Å². The molecule has 0 saturated carbocycles. The van der Waals surface area contributed by atoms with Gasteiger partial charge in [-0.05, 0) is 29.9 Å². The standard InChI is InChI=1S/C15H23NO/c1-6-11-13(16)12-9(2)7-8-10(14(12)17-11)15(3,4)5/h7-8,11,13H,6,16H2,1-5H3. The molecule has 1 aliphatic rings. The Morgan fingerprint density at radius 3 is 2.47 bits per heavy atom. The minimum atomic E-state index is 0.0253. The average Bonchev–Trinajstić information content (AvgIpc) is 2.55. The Kier molecular flexibility index (Phi) is 2.94. The lowest BCUT2D eigenvalue weighted by Crippen LogP contribution is -2.24. The first-order valence-corrected chi connectivity index (χ1v) is 6.42. The molecule has 1 aliphatic heterocycles. The van der Waals surface area contributed by atoms with Crippen LogP contribution in [0.3, 0.4) is 0 Å². The van der Waals surface area contributed by atoms with E-state index in [0.717, 1.165) is 12.2 Å². The summed E-state index contributed by atoms with van der Waals surface area (Å²) in [5.41, 5.74) is 10.1. The molecule has 17 heavy (non-hydrogen) atoms. The maximum Gasteiger partial charge on any atom is 0.128 e. The second kappa shape index (κ2) is 4.02. The van der Waals surface area contributed by atoms with E-state index in [2.05, 4.69) is 46.8 Å². The lowest BCUT2D eigenvalue weighted by Gasteiger charge is -2.22. The topological polar surface area (TPSA) is 35.2 Å². The van der Waals surface area contributed by atoms with Gasteiger partial charge in [0.15, 0.2) is 0 Å². The lowest BCUT2D eigenvalue weighted by molar-refractivity contribution is 0.199. The molecule has 2 nitrogen and oxygen atoms in total. The molecule has 2 rings (SSSR count). The molecule has 0 fully saturated rings. The second-order valence-electron chi connectivity index (χ2n) is 6.01. The van der Waals surface area contributed by atoms with Gasteiger partial charge in [0.05, 0.1) is 6.04 Å². The molecule has 0 saturated heterocycles. The van der Waals surface area contributed by atoms with Gasteiger partial charge in [0, 0.05) is 5.56 Å². The largest absolute Gasteiger partial charge is 0.488 e. The van der Waals surface area contributed by atoms with Crippen LogP contribution in [0.4, 0.5) is 0 Å². The Hall–Kier alpha value is -1.02. The molecule has 0 amide bonds. The molecule has 2 N–H and O–H groups in total. The van der Waals surface area contributed by atoms with Crippen molar-refractivity contribution in [2.45, 2.75) is 58.6 Å². The van der Waals surface area contributed by atoms with Gasteiger partial charge >= 0.3 is 0 Å². The highest BCUT2D eigenvalue weighted by Gasteiger charge is 2.35. The van der Waals surface area contributed by atoms with Crippen molar-refractivity contribution in [3.63, 3.8) is 0 Å². The summed E-state index contributed by atoms with van der Waals surface area (Å²) in [4.78, 5) is 0. The van der Waals surface area contributed by atoms with E-state index in [0.29, 0.717) is 0 Å². The van der Waals surface area contributed by atoms with Gasteiger partial charge in [-0.2, -0.15) is 0 Å². The number of benzene rings is 1. The monoisotopic (exact) mass is 233 g/mol. The van der Waals surface area contributed by atoms with Crippen LogP contribution in [0.15, 0.2) is 12.1 Å². The molecule has 2 heteroatoms. The summed E-state index contributed by atoms with van der Waals surface area (Å²) in [6, 6.07) is 4.37. The molecule has 1 aromatic rings. The smallest absolute Gasteiger partial charge is 0.128 e. The van der Waals surface area contributed by atoms with Gasteiger partial charge in [-0.3, -0.25) is 0 Å². The number of nitrogens with two attached hydrogens (primary N) is 1. The molecule has 0 spiro atoms. The third kappa shape index (κ3) is 1.95. The van der Waals surface area contributed by atoms with Crippen molar-refractivity contribution in [1.82, 2.24) is 0 Å². The molecule has 0 aliphatic carbocycles. The zero-order valence-corrected chi connectivity index (χ0v) is 11.5. The van der Waals surface area contributed by atoms with Crippen LogP contribution in [0.2, 0.25) is 0 Å². The fraction of sp³-hybridized carbons (Fsp3) is 0.600. The molecule has 0 aromatic heterocycles. The Morgan fingerprint density at radius 1 is 1.29 bits per heavy atom. The van der Waals surface area contributed by atoms with Gasteiger partial charge in [0.25, 0.3) is 0 Å². The molecule has 1 aromatic carbocycles. The molecule has 2 unspecified atom stereocenters. The van der Waals surface area contributed by atoms with E-state index in [1.54, 1.807) is 0 Å². The zero-order chi connectivity index (χ0) is 12.8. The fourth-order valence-corrected chi connectivity index (χ4v) is 2.58. The van der Waals surface area contributed by atoms with Crippen molar-refractivity contribution in [3.8, 4) is 5.75 Å². The third-order valence-electron chi connectivity index (χ3n) is 3.63. The molecule has 94 valence electrons. The molecule has 1 heterocycles. The van der Waals surface area contributed by atoms with E-state index in [9.17, 15) is 0 Å². The van der Waals surface area contributed by atoms with Gasteiger partial charge < -0.3 is 10.5 Å². The van der Waals surface area contributed by atoms with Crippen LogP contribution in [0.25, 0.3) is 0 Å². The van der Waals surface area contributed by atoms with Gasteiger partial charge in [0.2, 0.25) is 0 Å². The molecule has 0 bridgehead atoms. The predicted octanol–water partition coefficient (Wildman–Crippen LogP) is 3.46. The molecular weight excluding hydrogens is 210 g/mol.